The second-order valence-electron chi connectivity index (χ2n) is 6.86. The Bertz CT molecular complexity index is 1160. The summed E-state index contributed by atoms with van der Waals surface area (Å²) in [5.41, 5.74) is -0.116. The summed E-state index contributed by atoms with van der Waals surface area (Å²) in [6.07, 6.45) is 0.332. The van der Waals surface area contributed by atoms with Gasteiger partial charge >= 0.3 is 5.97 Å². The fraction of sp³-hybridized carbons (Fsp3) is 0.273. The highest BCUT2D eigenvalue weighted by Gasteiger charge is 2.62. The predicted octanol–water partition coefficient (Wildman–Crippen LogP) is 6.18. The number of para-hydroxylation sites is 1. The highest BCUT2D eigenvalue weighted by Crippen LogP contribution is 2.60. The molecule has 0 spiro atoms. The molecule has 2 aromatic rings. The average Bonchev–Trinajstić information content (AvgIpc) is 3.31. The smallest absolute Gasteiger partial charge is 0.311 e. The van der Waals surface area contributed by atoms with Gasteiger partial charge in [-0.1, -0.05) is 67.3 Å². The van der Waals surface area contributed by atoms with Gasteiger partial charge in [-0.15, -0.1) is 0 Å². The van der Waals surface area contributed by atoms with E-state index in [9.17, 15) is 10.1 Å². The maximum absolute atomic E-state index is 12.7. The largest absolute Gasteiger partial charge is 0.457 e. The summed E-state index contributed by atoms with van der Waals surface area (Å²) in [4.78, 5) is 12.7. The molecule has 3 rings (SSSR count). The highest BCUT2D eigenvalue weighted by molar-refractivity contribution is 6.55. The number of hydrogen-bond donors (Lipinski definition) is 0. The molecule has 28 heavy (non-hydrogen) atoms. The molecule has 6 heteroatoms. The Hall–Kier alpha value is -2.48. The molecular formula is C22H19Cl2NO3. The molecule has 0 aromatic heterocycles. The quantitative estimate of drug-likeness (QED) is 0.523. The van der Waals surface area contributed by atoms with E-state index in [0.29, 0.717) is 5.56 Å². The first kappa shape index (κ1) is 14.5. The van der Waals surface area contributed by atoms with Crippen molar-refractivity contribution in [2.45, 2.75) is 20.0 Å². The number of benzene rings is 2. The van der Waals surface area contributed by atoms with Gasteiger partial charge in [-0.05, 0) is 41.6 Å². The van der Waals surface area contributed by atoms with Crippen molar-refractivity contribution in [2.75, 3.05) is 0 Å². The minimum atomic E-state index is -1.24. The van der Waals surface area contributed by atoms with E-state index in [0.717, 1.165) is 0 Å². The third-order valence-corrected chi connectivity index (χ3v) is 4.93. The van der Waals surface area contributed by atoms with E-state index in [1.54, 1.807) is 12.1 Å². The van der Waals surface area contributed by atoms with Crippen molar-refractivity contribution in [2.24, 2.45) is 17.3 Å². The molecule has 2 aromatic carbocycles. The van der Waals surface area contributed by atoms with E-state index >= 15 is 0 Å². The van der Waals surface area contributed by atoms with Gasteiger partial charge in [-0.3, -0.25) is 4.79 Å². The van der Waals surface area contributed by atoms with Gasteiger partial charge in [0, 0.05) is 5.56 Å². The Labute approximate surface area is 181 Å². The standard InChI is InChI=1S/C22H19Cl2NO3/c1-22(2)17(12-19(23)24)20(22)21(26)28-18(13-25)14-7-6-10-16(11-14)27-15-8-4-3-5-9-15/h3-12,17-18,20H,1-2H3/t17-,18?,20+/m1/s1/i3D,4D,5D,8D,9D. The van der Waals surface area contributed by atoms with Gasteiger partial charge in [0.15, 0.2) is 0 Å². The molecule has 4 nitrogen and oxygen atoms in total. The average molecular weight is 421 g/mol. The number of nitrogens with zero attached hydrogens (tertiary/aromatic N) is 1. The first-order chi connectivity index (χ1) is 15.4. The lowest BCUT2D eigenvalue weighted by molar-refractivity contribution is -0.149. The van der Waals surface area contributed by atoms with Crippen molar-refractivity contribution >= 4 is 29.2 Å². The molecule has 0 saturated heterocycles. The summed E-state index contributed by atoms with van der Waals surface area (Å²) in [5, 5.41) is 9.59. The Morgan fingerprint density at radius 3 is 2.64 bits per heavy atom. The van der Waals surface area contributed by atoms with Gasteiger partial charge in [0.05, 0.1) is 12.8 Å². The van der Waals surface area contributed by atoms with Gasteiger partial charge in [0.2, 0.25) is 6.10 Å². The lowest BCUT2D eigenvalue weighted by Crippen LogP contribution is -2.14. The van der Waals surface area contributed by atoms with Crippen LogP contribution in [0.15, 0.2) is 65.0 Å². The second kappa shape index (κ2) is 8.26. The molecular weight excluding hydrogens is 397 g/mol. The number of carbonyl (C=O) groups excluding carboxylic acids is 1. The van der Waals surface area contributed by atoms with Crippen LogP contribution in [0.3, 0.4) is 0 Å². The summed E-state index contributed by atoms with van der Waals surface area (Å²) in [5.74, 6) is -1.53. The number of halogens is 2. The first-order valence-electron chi connectivity index (χ1n) is 10.9. The maximum Gasteiger partial charge on any atom is 0.311 e. The Balaban J connectivity index is 1.83. The zero-order valence-corrected chi connectivity index (χ0v) is 16.6. The Morgan fingerprint density at radius 1 is 1.29 bits per heavy atom. The van der Waals surface area contributed by atoms with Crippen LogP contribution >= 0.6 is 23.2 Å². The van der Waals surface area contributed by atoms with Crippen LogP contribution in [0.2, 0.25) is 0 Å². The van der Waals surface area contributed by atoms with Crippen molar-refractivity contribution in [3.8, 4) is 17.6 Å². The Kier molecular flexibility index (Phi) is 4.28. The first-order valence-corrected chi connectivity index (χ1v) is 9.13. The third kappa shape index (κ3) is 4.49. The molecule has 0 amide bonds. The Morgan fingerprint density at radius 2 is 2.00 bits per heavy atom. The number of hydrogen-bond acceptors (Lipinski definition) is 4. The molecule has 0 aliphatic heterocycles. The third-order valence-electron chi connectivity index (χ3n) is 4.68. The van der Waals surface area contributed by atoms with Crippen LogP contribution in [0.25, 0.3) is 0 Å². The van der Waals surface area contributed by atoms with Gasteiger partial charge in [-0.2, -0.15) is 5.26 Å². The SMILES string of the molecule is [2H]c1c([2H])c([2H])c(Oc2cccc(C(C#N)OC(=O)[C@@H]3[C@@H](C=C(Cl)Cl)C3(C)C)c2)c([2H])c1[2H]. The van der Waals surface area contributed by atoms with Crippen LogP contribution in [0.5, 0.6) is 11.5 Å². The van der Waals surface area contributed by atoms with Crippen molar-refractivity contribution in [3.05, 3.63) is 70.6 Å². The number of allylic oxidation sites excluding steroid dienone is 1. The molecule has 0 N–H and O–H groups in total. The molecule has 0 radical (unpaired) electrons. The number of rotatable bonds is 6. The summed E-state index contributed by atoms with van der Waals surface area (Å²) in [6, 6.07) is 5.34. The van der Waals surface area contributed by atoms with Crippen LogP contribution in [-0.4, -0.2) is 5.97 Å². The number of ether oxygens (including phenoxy) is 2. The van der Waals surface area contributed by atoms with Crippen LogP contribution < -0.4 is 4.74 Å². The molecule has 1 fully saturated rings. The molecule has 1 saturated carbocycles. The lowest BCUT2D eigenvalue weighted by atomic mass is 10.1. The van der Waals surface area contributed by atoms with E-state index in [4.69, 9.17) is 39.5 Å². The van der Waals surface area contributed by atoms with E-state index < -0.39 is 53.6 Å². The van der Waals surface area contributed by atoms with E-state index in [1.807, 2.05) is 19.9 Å². The fourth-order valence-electron chi connectivity index (χ4n) is 3.08. The van der Waals surface area contributed by atoms with Gasteiger partial charge < -0.3 is 9.47 Å². The zero-order valence-electron chi connectivity index (χ0n) is 20.0. The van der Waals surface area contributed by atoms with E-state index in [2.05, 4.69) is 0 Å². The molecule has 144 valence electrons. The minimum absolute atomic E-state index is 0.0534. The number of carbonyl (C=O) groups is 1. The van der Waals surface area contributed by atoms with E-state index in [1.165, 1.54) is 18.2 Å². The van der Waals surface area contributed by atoms with Gasteiger partial charge in [0.25, 0.3) is 0 Å². The zero-order chi connectivity index (χ0) is 24.7. The van der Waals surface area contributed by atoms with E-state index in [-0.39, 0.29) is 21.9 Å². The monoisotopic (exact) mass is 420 g/mol. The van der Waals surface area contributed by atoms with Crippen molar-refractivity contribution in [1.29, 1.82) is 5.26 Å². The van der Waals surface area contributed by atoms with Crippen LogP contribution in [0.4, 0.5) is 0 Å². The van der Waals surface area contributed by atoms with Crippen LogP contribution in [-0.2, 0) is 9.53 Å². The van der Waals surface area contributed by atoms with Gasteiger partial charge in [0.1, 0.15) is 22.1 Å². The molecule has 1 unspecified atom stereocenters. The van der Waals surface area contributed by atoms with Crippen LogP contribution in [0, 0.1) is 28.6 Å². The fourth-order valence-corrected chi connectivity index (χ4v) is 3.35. The summed E-state index contributed by atoms with van der Waals surface area (Å²) < 4.78 is 50.1. The summed E-state index contributed by atoms with van der Waals surface area (Å²) >= 11 is 11.4. The summed E-state index contributed by atoms with van der Waals surface area (Å²) in [6.45, 7) is 3.74. The van der Waals surface area contributed by atoms with Crippen LogP contribution in [0.1, 0.15) is 32.4 Å². The van der Waals surface area contributed by atoms with Crippen molar-refractivity contribution < 1.29 is 21.1 Å². The number of nitriles is 1. The van der Waals surface area contributed by atoms with Gasteiger partial charge in [-0.25, -0.2) is 0 Å². The molecule has 0 bridgehead atoms. The maximum atomic E-state index is 12.7. The summed E-state index contributed by atoms with van der Waals surface area (Å²) in [7, 11) is 0. The molecule has 3 atom stereocenters. The second-order valence-corrected chi connectivity index (χ2v) is 7.86. The lowest BCUT2D eigenvalue weighted by Gasteiger charge is -2.13. The van der Waals surface area contributed by atoms with Crippen molar-refractivity contribution in [1.82, 2.24) is 0 Å². The minimum Gasteiger partial charge on any atom is -0.457 e. The normalized spacial score (nSPS) is 22.9. The number of esters is 1. The molecule has 1 aliphatic carbocycles. The topological polar surface area (TPSA) is 59.3 Å². The highest BCUT2D eigenvalue weighted by atomic mass is 35.5. The van der Waals surface area contributed by atoms with Crippen molar-refractivity contribution in [3.63, 3.8) is 0 Å². The predicted molar refractivity (Wildman–Crippen MR) is 108 cm³/mol. The molecule has 0 heterocycles. The molecule has 1 aliphatic rings.